The van der Waals surface area contributed by atoms with Crippen LogP contribution in [0.2, 0.25) is 20.1 Å². The zero-order valence-corrected chi connectivity index (χ0v) is 13.9. The van der Waals surface area contributed by atoms with Crippen molar-refractivity contribution in [2.75, 3.05) is 0 Å². The molecule has 0 aliphatic carbocycles. The molecule has 0 atom stereocenters. The van der Waals surface area contributed by atoms with E-state index in [4.69, 9.17) is 62.7 Å². The largest absolute Gasteiger partial charge is 0.487 e. The van der Waals surface area contributed by atoms with Crippen LogP contribution in [-0.4, -0.2) is 0 Å². The van der Waals surface area contributed by atoms with Crippen LogP contribution in [0.5, 0.6) is 5.75 Å². The van der Waals surface area contributed by atoms with Gasteiger partial charge in [0.2, 0.25) is 0 Å². The van der Waals surface area contributed by atoms with Crippen LogP contribution in [0.3, 0.4) is 0 Å². The Morgan fingerprint density at radius 2 is 1.50 bits per heavy atom. The molecule has 106 valence electrons. The van der Waals surface area contributed by atoms with E-state index in [0.717, 1.165) is 11.1 Å². The predicted octanol–water partition coefficient (Wildman–Crippen LogP) is 6.62. The molecule has 0 fully saturated rings. The average molecular weight is 370 g/mol. The van der Waals surface area contributed by atoms with Gasteiger partial charge in [0, 0.05) is 26.2 Å². The van der Waals surface area contributed by atoms with E-state index in [1.54, 1.807) is 30.3 Å². The minimum Gasteiger partial charge on any atom is -0.487 e. The Morgan fingerprint density at radius 3 is 2.15 bits per heavy atom. The highest BCUT2D eigenvalue weighted by Crippen LogP contribution is 2.34. The Hall–Kier alpha value is -0.310. The number of rotatable bonds is 4. The number of halogens is 5. The van der Waals surface area contributed by atoms with Gasteiger partial charge >= 0.3 is 0 Å². The Labute approximate surface area is 142 Å². The summed E-state index contributed by atoms with van der Waals surface area (Å²) in [4.78, 5) is 0. The molecule has 2 aromatic rings. The van der Waals surface area contributed by atoms with Gasteiger partial charge < -0.3 is 4.74 Å². The summed E-state index contributed by atoms with van der Waals surface area (Å²) in [5.74, 6) is 0.765. The lowest BCUT2D eigenvalue weighted by atomic mass is 10.2. The normalized spacial score (nSPS) is 10.7. The van der Waals surface area contributed by atoms with Gasteiger partial charge in [-0.2, -0.15) is 0 Å². The molecule has 0 heterocycles. The zero-order valence-electron chi connectivity index (χ0n) is 10.1. The molecule has 0 radical (unpaired) electrons. The molecule has 1 nitrogen and oxygen atoms in total. The van der Waals surface area contributed by atoms with Crippen molar-refractivity contribution >= 4 is 58.0 Å². The lowest BCUT2D eigenvalue weighted by molar-refractivity contribution is 0.304. The molecular weight excluding hydrogens is 361 g/mol. The van der Waals surface area contributed by atoms with Gasteiger partial charge in [0.15, 0.2) is 0 Å². The first kappa shape index (κ1) is 16.1. The maximum Gasteiger partial charge on any atom is 0.142 e. The standard InChI is InChI=1S/C14H9Cl5O/c15-6-9-3-11(17)5-13(19)14(9)20-7-8-1-2-10(16)4-12(8)18/h1-5H,6-7H2. The fraction of sp³-hybridized carbons (Fsp3) is 0.143. The predicted molar refractivity (Wildman–Crippen MR) is 86.8 cm³/mol. The van der Waals surface area contributed by atoms with Gasteiger partial charge in [-0.25, -0.2) is 0 Å². The molecule has 0 amide bonds. The summed E-state index contributed by atoms with van der Waals surface area (Å²) in [6.07, 6.45) is 0. The van der Waals surface area contributed by atoms with E-state index in [1.807, 2.05) is 0 Å². The molecule has 0 spiro atoms. The number of benzene rings is 2. The highest BCUT2D eigenvalue weighted by molar-refractivity contribution is 6.36. The van der Waals surface area contributed by atoms with Gasteiger partial charge in [-0.05, 0) is 24.3 Å². The molecule has 0 unspecified atom stereocenters. The van der Waals surface area contributed by atoms with Gasteiger partial charge in [-0.3, -0.25) is 0 Å². The summed E-state index contributed by atoms with van der Waals surface area (Å²) in [7, 11) is 0. The molecule has 2 aromatic carbocycles. The van der Waals surface area contributed by atoms with E-state index in [2.05, 4.69) is 0 Å². The summed E-state index contributed by atoms with van der Waals surface area (Å²) in [5, 5.41) is 2.04. The van der Waals surface area contributed by atoms with Gasteiger partial charge in [0.25, 0.3) is 0 Å². The van der Waals surface area contributed by atoms with E-state index < -0.39 is 0 Å². The Kier molecular flexibility index (Phi) is 5.71. The first-order valence-corrected chi connectivity index (χ1v) is 7.66. The van der Waals surface area contributed by atoms with Crippen LogP contribution in [0.1, 0.15) is 11.1 Å². The molecule has 0 aliphatic rings. The summed E-state index contributed by atoms with van der Waals surface area (Å²) >= 11 is 29.9. The minimum absolute atomic E-state index is 0.254. The number of hydrogen-bond donors (Lipinski definition) is 0. The van der Waals surface area contributed by atoms with Crippen LogP contribution in [0, 0.1) is 0 Å². The number of hydrogen-bond acceptors (Lipinski definition) is 1. The second kappa shape index (κ2) is 7.11. The van der Waals surface area contributed by atoms with Gasteiger partial charge in [-0.15, -0.1) is 11.6 Å². The molecule has 0 saturated heterocycles. The Bertz CT molecular complexity index is 627. The van der Waals surface area contributed by atoms with Crippen LogP contribution in [0.25, 0.3) is 0 Å². The highest BCUT2D eigenvalue weighted by atomic mass is 35.5. The van der Waals surface area contributed by atoms with Crippen molar-refractivity contribution in [3.05, 3.63) is 61.5 Å². The third-order valence-electron chi connectivity index (χ3n) is 2.62. The fourth-order valence-electron chi connectivity index (χ4n) is 1.66. The Morgan fingerprint density at radius 1 is 0.800 bits per heavy atom. The summed E-state index contributed by atoms with van der Waals surface area (Å²) < 4.78 is 5.72. The van der Waals surface area contributed by atoms with Crippen LogP contribution in [-0.2, 0) is 12.5 Å². The lowest BCUT2D eigenvalue weighted by Crippen LogP contribution is -1.99. The lowest BCUT2D eigenvalue weighted by Gasteiger charge is -2.13. The van der Waals surface area contributed by atoms with Crippen LogP contribution in [0.4, 0.5) is 0 Å². The van der Waals surface area contributed by atoms with Crippen LogP contribution in [0.15, 0.2) is 30.3 Å². The molecule has 0 N–H and O–H groups in total. The third kappa shape index (κ3) is 3.87. The van der Waals surface area contributed by atoms with Crippen molar-refractivity contribution in [3.63, 3.8) is 0 Å². The van der Waals surface area contributed by atoms with Crippen LogP contribution < -0.4 is 4.74 Å². The highest BCUT2D eigenvalue weighted by Gasteiger charge is 2.11. The van der Waals surface area contributed by atoms with Crippen molar-refractivity contribution in [2.45, 2.75) is 12.5 Å². The third-order valence-corrected chi connectivity index (χ3v) is 3.99. The minimum atomic E-state index is 0.254. The first-order chi connectivity index (χ1) is 9.51. The second-order valence-electron chi connectivity index (χ2n) is 4.03. The molecule has 0 aliphatic heterocycles. The van der Waals surface area contributed by atoms with E-state index in [0.29, 0.717) is 25.8 Å². The molecule has 0 saturated carbocycles. The maximum absolute atomic E-state index is 6.12. The average Bonchev–Trinajstić information content (AvgIpc) is 2.38. The monoisotopic (exact) mass is 368 g/mol. The SMILES string of the molecule is ClCc1cc(Cl)cc(Cl)c1OCc1ccc(Cl)cc1Cl. The topological polar surface area (TPSA) is 9.23 Å². The quantitative estimate of drug-likeness (QED) is 0.550. The van der Waals surface area contributed by atoms with Crippen molar-refractivity contribution in [3.8, 4) is 5.75 Å². The molecule has 0 bridgehead atoms. The number of ether oxygens (including phenoxy) is 1. The van der Waals surface area contributed by atoms with Crippen molar-refractivity contribution in [1.82, 2.24) is 0 Å². The fourth-order valence-corrected chi connectivity index (χ4v) is 2.91. The molecule has 20 heavy (non-hydrogen) atoms. The van der Waals surface area contributed by atoms with E-state index in [-0.39, 0.29) is 12.5 Å². The summed E-state index contributed by atoms with van der Waals surface area (Å²) in [5.41, 5.74) is 1.54. The van der Waals surface area contributed by atoms with Gasteiger partial charge in [0.05, 0.1) is 10.9 Å². The second-order valence-corrected chi connectivity index (χ2v) is 5.99. The summed E-state index contributed by atoms with van der Waals surface area (Å²) in [6.45, 7) is 0.265. The molecule has 6 heteroatoms. The zero-order chi connectivity index (χ0) is 14.7. The van der Waals surface area contributed by atoms with Gasteiger partial charge in [0.1, 0.15) is 12.4 Å². The summed E-state index contributed by atoms with van der Waals surface area (Å²) in [6, 6.07) is 8.54. The van der Waals surface area contributed by atoms with E-state index in [1.165, 1.54) is 0 Å². The van der Waals surface area contributed by atoms with E-state index in [9.17, 15) is 0 Å². The van der Waals surface area contributed by atoms with Crippen molar-refractivity contribution < 1.29 is 4.74 Å². The smallest absolute Gasteiger partial charge is 0.142 e. The molecule has 0 aromatic heterocycles. The van der Waals surface area contributed by atoms with E-state index >= 15 is 0 Å². The van der Waals surface area contributed by atoms with Gasteiger partial charge in [-0.1, -0.05) is 52.5 Å². The Balaban J connectivity index is 2.22. The molecular formula is C14H9Cl5O. The maximum atomic E-state index is 6.12. The van der Waals surface area contributed by atoms with Crippen molar-refractivity contribution in [1.29, 1.82) is 0 Å². The molecule has 2 rings (SSSR count). The van der Waals surface area contributed by atoms with Crippen molar-refractivity contribution in [2.24, 2.45) is 0 Å². The number of alkyl halides is 1. The first-order valence-electron chi connectivity index (χ1n) is 5.62. The van der Waals surface area contributed by atoms with Crippen LogP contribution >= 0.6 is 58.0 Å².